The molecule has 0 spiro atoms. The third kappa shape index (κ3) is 3.32. The van der Waals surface area contributed by atoms with Crippen LogP contribution < -0.4 is 5.73 Å². The van der Waals surface area contributed by atoms with Crippen molar-refractivity contribution in [2.24, 2.45) is 5.73 Å². The van der Waals surface area contributed by atoms with Crippen LogP contribution in [0.3, 0.4) is 0 Å². The quantitative estimate of drug-likeness (QED) is 0.474. The van der Waals surface area contributed by atoms with E-state index in [1.165, 1.54) is 6.33 Å². The maximum atomic E-state index is 5.77. The minimum Gasteiger partial charge on any atom is -0.326 e. The zero-order valence-corrected chi connectivity index (χ0v) is 16.2. The molecule has 3 aromatic heterocycles. The van der Waals surface area contributed by atoms with Gasteiger partial charge in [0.15, 0.2) is 0 Å². The van der Waals surface area contributed by atoms with Crippen molar-refractivity contribution in [1.29, 1.82) is 0 Å². The summed E-state index contributed by atoms with van der Waals surface area (Å²) in [7, 11) is 0. The van der Waals surface area contributed by atoms with Crippen LogP contribution in [0.1, 0.15) is 5.56 Å². The highest BCUT2D eigenvalue weighted by Crippen LogP contribution is 2.36. The largest absolute Gasteiger partial charge is 0.326 e. The third-order valence-corrected chi connectivity index (χ3v) is 5.13. The molecule has 30 heavy (non-hydrogen) atoms. The van der Waals surface area contributed by atoms with Crippen LogP contribution in [0.4, 0.5) is 0 Å². The Balaban J connectivity index is 1.79. The number of rotatable bonds is 4. The van der Waals surface area contributed by atoms with Gasteiger partial charge >= 0.3 is 0 Å². The molecule has 0 amide bonds. The number of aromatic nitrogens is 4. The summed E-state index contributed by atoms with van der Waals surface area (Å²) in [4.78, 5) is 18.0. The lowest BCUT2D eigenvalue weighted by atomic mass is 9.96. The first kappa shape index (κ1) is 18.1. The molecule has 5 aromatic rings. The monoisotopic (exact) mass is 389 g/mol. The Labute approximate surface area is 174 Å². The average Bonchev–Trinajstić information content (AvgIpc) is 2.84. The molecule has 0 radical (unpaired) electrons. The molecule has 0 aliphatic carbocycles. The Morgan fingerprint density at radius 3 is 2.23 bits per heavy atom. The highest BCUT2D eigenvalue weighted by molar-refractivity contribution is 5.98. The van der Waals surface area contributed by atoms with Crippen LogP contribution in [0.25, 0.3) is 44.5 Å². The van der Waals surface area contributed by atoms with E-state index in [4.69, 9.17) is 10.7 Å². The summed E-state index contributed by atoms with van der Waals surface area (Å²) in [5.74, 6) is 0. The standard InChI is InChI=1S/C25H19N5/c26-13-17-6-8-19(9-7-17)25-21(18-4-2-1-3-5-18)12-22-23(30-25)10-11-29-24(22)20-14-27-16-28-15-20/h1-12,14-16H,13,26H2. The molecule has 0 fully saturated rings. The maximum Gasteiger partial charge on any atom is 0.115 e. The number of pyridine rings is 2. The summed E-state index contributed by atoms with van der Waals surface area (Å²) in [6.45, 7) is 0.519. The van der Waals surface area contributed by atoms with Gasteiger partial charge < -0.3 is 5.73 Å². The van der Waals surface area contributed by atoms with E-state index in [1.54, 1.807) is 18.6 Å². The summed E-state index contributed by atoms with van der Waals surface area (Å²) >= 11 is 0. The molecule has 2 aromatic carbocycles. The van der Waals surface area contributed by atoms with Crippen molar-refractivity contribution in [3.63, 3.8) is 0 Å². The molecule has 2 N–H and O–H groups in total. The molecule has 3 heterocycles. The normalized spacial score (nSPS) is 11.0. The smallest absolute Gasteiger partial charge is 0.115 e. The number of benzene rings is 2. The van der Waals surface area contributed by atoms with Crippen LogP contribution in [0.15, 0.2) is 91.6 Å². The van der Waals surface area contributed by atoms with Gasteiger partial charge in [0.05, 0.1) is 16.9 Å². The molecule has 0 atom stereocenters. The summed E-state index contributed by atoms with van der Waals surface area (Å²) in [6, 6.07) is 22.7. The van der Waals surface area contributed by atoms with Crippen LogP contribution in [0.5, 0.6) is 0 Å². The van der Waals surface area contributed by atoms with Gasteiger partial charge in [0.25, 0.3) is 0 Å². The van der Waals surface area contributed by atoms with Gasteiger partial charge in [0.1, 0.15) is 6.33 Å². The lowest BCUT2D eigenvalue weighted by Crippen LogP contribution is -1.97. The average molecular weight is 389 g/mol. The van der Waals surface area contributed by atoms with Gasteiger partial charge in [-0.3, -0.25) is 4.98 Å². The molecule has 5 nitrogen and oxygen atoms in total. The molecule has 0 aliphatic rings. The van der Waals surface area contributed by atoms with E-state index < -0.39 is 0 Å². The molecule has 0 bridgehead atoms. The molecular weight excluding hydrogens is 370 g/mol. The molecule has 0 unspecified atom stereocenters. The van der Waals surface area contributed by atoms with Crippen molar-refractivity contribution >= 4 is 10.9 Å². The van der Waals surface area contributed by atoms with Crippen molar-refractivity contribution in [2.45, 2.75) is 6.54 Å². The van der Waals surface area contributed by atoms with Crippen LogP contribution in [-0.4, -0.2) is 19.9 Å². The first-order chi connectivity index (χ1) is 14.8. The Morgan fingerprint density at radius 2 is 1.50 bits per heavy atom. The van der Waals surface area contributed by atoms with E-state index in [2.05, 4.69) is 57.4 Å². The second-order valence-electron chi connectivity index (χ2n) is 7.01. The number of fused-ring (bicyclic) bond motifs is 1. The second-order valence-corrected chi connectivity index (χ2v) is 7.01. The fourth-order valence-electron chi connectivity index (χ4n) is 3.60. The molecule has 0 saturated heterocycles. The highest BCUT2D eigenvalue weighted by atomic mass is 14.8. The van der Waals surface area contributed by atoms with Crippen molar-refractivity contribution in [1.82, 2.24) is 19.9 Å². The number of nitrogens with zero attached hydrogens (tertiary/aromatic N) is 4. The molecule has 0 aliphatic heterocycles. The lowest BCUT2D eigenvalue weighted by molar-refractivity contribution is 1.07. The Morgan fingerprint density at radius 1 is 0.733 bits per heavy atom. The minimum atomic E-state index is 0.519. The highest BCUT2D eigenvalue weighted by Gasteiger charge is 2.15. The Kier molecular flexibility index (Phi) is 4.71. The minimum absolute atomic E-state index is 0.519. The topological polar surface area (TPSA) is 77.6 Å². The van der Waals surface area contributed by atoms with Crippen molar-refractivity contribution in [3.8, 4) is 33.6 Å². The number of hydrogen-bond donors (Lipinski definition) is 1. The van der Waals surface area contributed by atoms with Crippen LogP contribution >= 0.6 is 0 Å². The second kappa shape index (κ2) is 7.81. The zero-order chi connectivity index (χ0) is 20.3. The fraction of sp³-hybridized carbons (Fsp3) is 0.0400. The van der Waals surface area contributed by atoms with Gasteiger partial charge in [-0.1, -0.05) is 54.6 Å². The van der Waals surface area contributed by atoms with Gasteiger partial charge in [-0.2, -0.15) is 0 Å². The SMILES string of the molecule is NCc1ccc(-c2nc3ccnc(-c4cncnc4)c3cc2-c2ccccc2)cc1. The van der Waals surface area contributed by atoms with E-state index in [9.17, 15) is 0 Å². The summed E-state index contributed by atoms with van der Waals surface area (Å²) in [6.07, 6.45) is 6.85. The number of hydrogen-bond acceptors (Lipinski definition) is 5. The van der Waals surface area contributed by atoms with Gasteiger partial charge in [-0.25, -0.2) is 15.0 Å². The lowest BCUT2D eigenvalue weighted by Gasteiger charge is -2.13. The van der Waals surface area contributed by atoms with Crippen LogP contribution in [0.2, 0.25) is 0 Å². The Hall–Kier alpha value is -3.96. The predicted octanol–water partition coefficient (Wildman–Crippen LogP) is 4.88. The van der Waals surface area contributed by atoms with Crippen molar-refractivity contribution in [2.75, 3.05) is 0 Å². The van der Waals surface area contributed by atoms with Crippen molar-refractivity contribution in [3.05, 3.63) is 97.2 Å². The van der Waals surface area contributed by atoms with Crippen LogP contribution in [-0.2, 0) is 6.54 Å². The van der Waals surface area contributed by atoms with Crippen molar-refractivity contribution < 1.29 is 0 Å². The molecule has 0 saturated carbocycles. The predicted molar refractivity (Wildman–Crippen MR) is 119 cm³/mol. The van der Waals surface area contributed by atoms with E-state index in [-0.39, 0.29) is 0 Å². The third-order valence-electron chi connectivity index (χ3n) is 5.13. The van der Waals surface area contributed by atoms with E-state index in [0.717, 1.165) is 50.1 Å². The summed E-state index contributed by atoms with van der Waals surface area (Å²) in [5.41, 5.74) is 13.6. The van der Waals surface area contributed by atoms with Gasteiger partial charge in [-0.05, 0) is 23.3 Å². The summed E-state index contributed by atoms with van der Waals surface area (Å²) in [5, 5.41) is 0.966. The van der Waals surface area contributed by atoms with E-state index >= 15 is 0 Å². The fourth-order valence-corrected chi connectivity index (χ4v) is 3.60. The molecule has 5 rings (SSSR count). The van der Waals surface area contributed by atoms with Gasteiger partial charge in [-0.15, -0.1) is 0 Å². The van der Waals surface area contributed by atoms with Crippen LogP contribution in [0, 0.1) is 0 Å². The summed E-state index contributed by atoms with van der Waals surface area (Å²) < 4.78 is 0. The zero-order valence-electron chi connectivity index (χ0n) is 16.2. The van der Waals surface area contributed by atoms with E-state index in [1.807, 2.05) is 24.3 Å². The molecular formula is C25H19N5. The van der Waals surface area contributed by atoms with E-state index in [0.29, 0.717) is 6.54 Å². The Bertz CT molecular complexity index is 1300. The molecule has 5 heteroatoms. The maximum absolute atomic E-state index is 5.77. The van der Waals surface area contributed by atoms with Gasteiger partial charge in [0.2, 0.25) is 0 Å². The first-order valence-corrected chi connectivity index (χ1v) is 9.73. The first-order valence-electron chi connectivity index (χ1n) is 9.73. The number of nitrogens with two attached hydrogens (primary N) is 1. The van der Waals surface area contributed by atoms with Gasteiger partial charge in [0, 0.05) is 47.2 Å². The molecule has 144 valence electrons.